The summed E-state index contributed by atoms with van der Waals surface area (Å²) in [6.45, 7) is 3.81. The molecule has 1 fully saturated rings. The summed E-state index contributed by atoms with van der Waals surface area (Å²) < 4.78 is 26.3. The molecule has 0 atom stereocenters. The molecule has 0 unspecified atom stereocenters. The molecule has 0 aromatic carbocycles. The van der Waals surface area contributed by atoms with Gasteiger partial charge in [0.15, 0.2) is 5.84 Å². The zero-order valence-corrected chi connectivity index (χ0v) is 12.0. The zero-order chi connectivity index (χ0) is 14.8. The first-order valence-corrected chi connectivity index (χ1v) is 7.58. The number of rotatable bonds is 4. The van der Waals surface area contributed by atoms with Crippen LogP contribution in [0.4, 0.5) is 0 Å². The molecule has 1 saturated heterocycles. The van der Waals surface area contributed by atoms with E-state index in [-0.39, 0.29) is 10.7 Å². The zero-order valence-electron chi connectivity index (χ0n) is 11.2. The number of aryl methyl sites for hydroxylation is 1. The smallest absolute Gasteiger partial charge is 0.246 e. The number of aromatic amines is 1. The highest BCUT2D eigenvalue weighted by Gasteiger charge is 2.30. The summed E-state index contributed by atoms with van der Waals surface area (Å²) in [5.74, 6) is 0.118. The third-order valence-electron chi connectivity index (χ3n) is 3.25. The van der Waals surface area contributed by atoms with Gasteiger partial charge in [-0.25, -0.2) is 8.42 Å². The number of aromatic nitrogens is 2. The Labute approximate surface area is 117 Å². The molecule has 0 aliphatic carbocycles. The fourth-order valence-corrected chi connectivity index (χ4v) is 3.67. The Kier molecular flexibility index (Phi) is 4.26. The molecule has 9 nitrogen and oxygen atoms in total. The van der Waals surface area contributed by atoms with Gasteiger partial charge in [0.25, 0.3) is 0 Å². The van der Waals surface area contributed by atoms with Gasteiger partial charge in [0.05, 0.1) is 18.4 Å². The Bertz CT molecular complexity index is 588. The van der Waals surface area contributed by atoms with Gasteiger partial charge in [-0.1, -0.05) is 5.16 Å². The van der Waals surface area contributed by atoms with Crippen molar-refractivity contribution in [3.05, 3.63) is 11.9 Å². The molecular weight excluding hydrogens is 284 g/mol. The van der Waals surface area contributed by atoms with E-state index >= 15 is 0 Å². The Morgan fingerprint density at radius 3 is 2.65 bits per heavy atom. The van der Waals surface area contributed by atoms with Crippen molar-refractivity contribution in [2.75, 3.05) is 32.7 Å². The van der Waals surface area contributed by atoms with Crippen molar-refractivity contribution in [3.63, 3.8) is 0 Å². The van der Waals surface area contributed by atoms with Crippen LogP contribution in [0.2, 0.25) is 0 Å². The lowest BCUT2D eigenvalue weighted by Gasteiger charge is -2.33. The molecule has 1 aliphatic rings. The number of nitrogens with two attached hydrogens (primary N) is 1. The summed E-state index contributed by atoms with van der Waals surface area (Å²) in [7, 11) is -3.50. The minimum atomic E-state index is -3.50. The Morgan fingerprint density at radius 2 is 2.15 bits per heavy atom. The molecule has 0 spiro atoms. The second kappa shape index (κ2) is 5.77. The Hall–Kier alpha value is -1.65. The molecule has 0 amide bonds. The molecule has 2 heterocycles. The summed E-state index contributed by atoms with van der Waals surface area (Å²) in [5.41, 5.74) is 5.97. The molecule has 2 rings (SSSR count). The quantitative estimate of drug-likeness (QED) is 0.276. The van der Waals surface area contributed by atoms with Crippen LogP contribution in [0.1, 0.15) is 5.69 Å². The molecule has 0 bridgehead atoms. The number of oxime groups is 1. The fraction of sp³-hybridized carbons (Fsp3) is 0.600. The van der Waals surface area contributed by atoms with Crippen LogP contribution in [-0.2, 0) is 10.0 Å². The normalized spacial score (nSPS) is 19.4. The first-order chi connectivity index (χ1) is 9.45. The van der Waals surface area contributed by atoms with E-state index < -0.39 is 10.0 Å². The summed E-state index contributed by atoms with van der Waals surface area (Å²) >= 11 is 0. The van der Waals surface area contributed by atoms with Crippen molar-refractivity contribution in [3.8, 4) is 0 Å². The van der Waals surface area contributed by atoms with Crippen LogP contribution in [0.25, 0.3) is 0 Å². The molecular formula is C10H18N6O3S. The molecule has 1 aromatic heterocycles. The largest absolute Gasteiger partial charge is 0.409 e. The molecule has 20 heavy (non-hydrogen) atoms. The summed E-state index contributed by atoms with van der Waals surface area (Å²) in [6, 6.07) is 0. The van der Waals surface area contributed by atoms with Gasteiger partial charge in [0.1, 0.15) is 4.90 Å². The first kappa shape index (κ1) is 14.8. The van der Waals surface area contributed by atoms with Gasteiger partial charge in [-0.2, -0.15) is 9.40 Å². The number of nitrogens with one attached hydrogen (secondary N) is 1. The van der Waals surface area contributed by atoms with Crippen molar-refractivity contribution >= 4 is 15.9 Å². The second-order valence-corrected chi connectivity index (χ2v) is 6.54. The minimum Gasteiger partial charge on any atom is -0.409 e. The van der Waals surface area contributed by atoms with Crippen LogP contribution in [0.3, 0.4) is 0 Å². The van der Waals surface area contributed by atoms with Gasteiger partial charge in [-0.15, -0.1) is 0 Å². The lowest BCUT2D eigenvalue weighted by Crippen LogP contribution is -2.50. The van der Waals surface area contributed by atoms with Crippen molar-refractivity contribution in [2.45, 2.75) is 11.8 Å². The maximum Gasteiger partial charge on any atom is 0.246 e. The van der Waals surface area contributed by atoms with Crippen LogP contribution >= 0.6 is 0 Å². The molecule has 1 aliphatic heterocycles. The standard InChI is InChI=1S/C10H18N6O3S/c1-8-9(6-12-13-8)20(18,19)16-4-2-15(3-5-16)7-10(11)14-17/h6,17H,2-5,7H2,1H3,(H2,11,14)(H,12,13). The van der Waals surface area contributed by atoms with E-state index in [4.69, 9.17) is 10.9 Å². The van der Waals surface area contributed by atoms with Crippen LogP contribution < -0.4 is 5.73 Å². The summed E-state index contributed by atoms with van der Waals surface area (Å²) in [6.07, 6.45) is 1.33. The van der Waals surface area contributed by atoms with E-state index in [0.29, 0.717) is 38.4 Å². The third kappa shape index (κ3) is 2.92. The number of hydrogen-bond acceptors (Lipinski definition) is 6. The number of H-pyrrole nitrogens is 1. The summed E-state index contributed by atoms with van der Waals surface area (Å²) in [4.78, 5) is 2.14. The van der Waals surface area contributed by atoms with Gasteiger partial charge >= 0.3 is 0 Å². The number of nitrogens with zero attached hydrogens (tertiary/aromatic N) is 4. The van der Waals surface area contributed by atoms with E-state index in [1.165, 1.54) is 10.5 Å². The fourth-order valence-electron chi connectivity index (χ4n) is 2.13. The van der Waals surface area contributed by atoms with Crippen molar-refractivity contribution in [2.24, 2.45) is 10.9 Å². The minimum absolute atomic E-state index is 0.118. The molecule has 4 N–H and O–H groups in total. The lowest BCUT2D eigenvalue weighted by atomic mass is 10.3. The number of sulfonamides is 1. The lowest BCUT2D eigenvalue weighted by molar-refractivity contribution is 0.206. The van der Waals surface area contributed by atoms with E-state index in [0.717, 1.165) is 0 Å². The predicted molar refractivity (Wildman–Crippen MR) is 71.9 cm³/mol. The molecule has 0 radical (unpaired) electrons. The van der Waals surface area contributed by atoms with Gasteiger partial charge in [0, 0.05) is 26.2 Å². The van der Waals surface area contributed by atoms with Crippen LogP contribution in [0.15, 0.2) is 16.2 Å². The average Bonchev–Trinajstić information content (AvgIpc) is 2.86. The molecule has 1 aromatic rings. The highest BCUT2D eigenvalue weighted by molar-refractivity contribution is 7.89. The number of amidine groups is 1. The first-order valence-electron chi connectivity index (χ1n) is 6.14. The highest BCUT2D eigenvalue weighted by Crippen LogP contribution is 2.19. The summed E-state index contributed by atoms with van der Waals surface area (Å²) in [5, 5.41) is 17.8. The Balaban J connectivity index is 2.02. The Morgan fingerprint density at radius 1 is 1.50 bits per heavy atom. The number of hydrogen-bond donors (Lipinski definition) is 3. The van der Waals surface area contributed by atoms with Crippen molar-refractivity contribution in [1.82, 2.24) is 19.4 Å². The van der Waals surface area contributed by atoms with E-state index in [1.54, 1.807) is 6.92 Å². The monoisotopic (exact) mass is 302 g/mol. The van der Waals surface area contributed by atoms with E-state index in [9.17, 15) is 8.42 Å². The van der Waals surface area contributed by atoms with E-state index in [1.807, 2.05) is 4.90 Å². The highest BCUT2D eigenvalue weighted by atomic mass is 32.2. The van der Waals surface area contributed by atoms with Crippen LogP contribution in [-0.4, -0.2) is 71.6 Å². The SMILES string of the molecule is Cc1[nH]ncc1S(=O)(=O)N1CCN(CC(N)=NO)CC1. The van der Waals surface area contributed by atoms with Crippen LogP contribution in [0, 0.1) is 6.92 Å². The van der Waals surface area contributed by atoms with Crippen LogP contribution in [0.5, 0.6) is 0 Å². The van der Waals surface area contributed by atoms with Crippen molar-refractivity contribution in [1.29, 1.82) is 0 Å². The van der Waals surface area contributed by atoms with Crippen molar-refractivity contribution < 1.29 is 13.6 Å². The van der Waals surface area contributed by atoms with Gasteiger partial charge in [-0.05, 0) is 6.92 Å². The van der Waals surface area contributed by atoms with Gasteiger partial charge in [-0.3, -0.25) is 10.00 Å². The van der Waals surface area contributed by atoms with Gasteiger partial charge in [0.2, 0.25) is 10.0 Å². The maximum atomic E-state index is 12.4. The number of piperazine rings is 1. The molecule has 0 saturated carbocycles. The second-order valence-electron chi connectivity index (χ2n) is 4.63. The maximum absolute atomic E-state index is 12.4. The molecule has 112 valence electrons. The topological polar surface area (TPSA) is 128 Å². The predicted octanol–water partition coefficient (Wildman–Crippen LogP) is -1.23. The van der Waals surface area contributed by atoms with Gasteiger partial charge < -0.3 is 10.9 Å². The molecule has 10 heteroatoms. The average molecular weight is 302 g/mol. The van der Waals surface area contributed by atoms with E-state index in [2.05, 4.69) is 15.4 Å². The third-order valence-corrected chi connectivity index (χ3v) is 5.26.